The lowest BCUT2D eigenvalue weighted by molar-refractivity contribution is -0.140. The van der Waals surface area contributed by atoms with Crippen LogP contribution in [0.15, 0.2) is 54.1 Å². The van der Waals surface area contributed by atoms with E-state index in [-0.39, 0.29) is 29.5 Å². The van der Waals surface area contributed by atoms with Gasteiger partial charge in [-0.3, -0.25) is 9.59 Å². The maximum Gasteiger partial charge on any atom is 0.295 e. The monoisotopic (exact) mass is 425 g/mol. The zero-order valence-corrected chi connectivity index (χ0v) is 17.2. The normalized spacial score (nSPS) is 22.8. The lowest BCUT2D eigenvalue weighted by Crippen LogP contribution is -2.36. The van der Waals surface area contributed by atoms with Gasteiger partial charge in [-0.1, -0.05) is 30.3 Å². The molecule has 1 amide bonds. The van der Waals surface area contributed by atoms with Crippen LogP contribution in [-0.2, 0) is 14.3 Å². The van der Waals surface area contributed by atoms with Gasteiger partial charge in [0.1, 0.15) is 17.3 Å². The Morgan fingerprint density at radius 2 is 2.03 bits per heavy atom. The Hall–Kier alpha value is -3.19. The third kappa shape index (κ3) is 4.05. The first-order chi connectivity index (χ1) is 15.0. The molecule has 7 heteroatoms. The van der Waals surface area contributed by atoms with Crippen LogP contribution in [0.1, 0.15) is 36.9 Å². The highest BCUT2D eigenvalue weighted by molar-refractivity contribution is 6.46. The molecule has 0 aliphatic carbocycles. The Labute approximate surface area is 179 Å². The molecule has 2 aliphatic rings. The fraction of sp³-hybridized carbons (Fsp3) is 0.333. The Morgan fingerprint density at radius 3 is 2.74 bits per heavy atom. The van der Waals surface area contributed by atoms with Gasteiger partial charge in [-0.15, -0.1) is 0 Å². The number of benzene rings is 2. The van der Waals surface area contributed by atoms with E-state index in [2.05, 4.69) is 0 Å². The van der Waals surface area contributed by atoms with Crippen LogP contribution in [0.2, 0.25) is 0 Å². The number of aliphatic hydroxyl groups is 1. The Morgan fingerprint density at radius 1 is 1.23 bits per heavy atom. The first kappa shape index (κ1) is 21.1. The van der Waals surface area contributed by atoms with Gasteiger partial charge in [-0.2, -0.15) is 0 Å². The van der Waals surface area contributed by atoms with E-state index >= 15 is 0 Å². The number of Topliss-reactive ketones (excluding diaryl/α,β-unsaturated/α-hetero) is 1. The van der Waals surface area contributed by atoms with Crippen molar-refractivity contribution in [3.8, 4) is 5.75 Å². The van der Waals surface area contributed by atoms with Gasteiger partial charge in [0, 0.05) is 24.3 Å². The molecular weight excluding hydrogens is 401 g/mol. The molecule has 2 fully saturated rings. The van der Waals surface area contributed by atoms with Gasteiger partial charge in [-0.25, -0.2) is 4.39 Å². The SMILES string of the molecule is CCOc1cccc(/C(O)=C2/C(=O)C(=O)N(CC3CCCO3)C2c2ccccc2F)c1. The zero-order chi connectivity index (χ0) is 22.0. The largest absolute Gasteiger partial charge is 0.507 e. The fourth-order valence-electron chi connectivity index (χ4n) is 4.15. The van der Waals surface area contributed by atoms with E-state index in [1.165, 1.54) is 23.1 Å². The molecule has 4 rings (SSSR count). The molecule has 162 valence electrons. The topological polar surface area (TPSA) is 76.1 Å². The average Bonchev–Trinajstić information content (AvgIpc) is 3.37. The smallest absolute Gasteiger partial charge is 0.295 e. The van der Waals surface area contributed by atoms with Crippen molar-refractivity contribution in [3.63, 3.8) is 0 Å². The average molecular weight is 425 g/mol. The van der Waals surface area contributed by atoms with Crippen molar-refractivity contribution in [1.29, 1.82) is 0 Å². The van der Waals surface area contributed by atoms with Gasteiger partial charge in [-0.05, 0) is 38.0 Å². The van der Waals surface area contributed by atoms with Crippen LogP contribution in [0.3, 0.4) is 0 Å². The summed E-state index contributed by atoms with van der Waals surface area (Å²) in [6.07, 6.45) is 1.39. The molecule has 2 heterocycles. The summed E-state index contributed by atoms with van der Waals surface area (Å²) in [6, 6.07) is 11.5. The first-order valence-electron chi connectivity index (χ1n) is 10.4. The number of hydrogen-bond donors (Lipinski definition) is 1. The van der Waals surface area contributed by atoms with Crippen molar-refractivity contribution in [1.82, 2.24) is 4.90 Å². The van der Waals surface area contributed by atoms with E-state index in [4.69, 9.17) is 9.47 Å². The summed E-state index contributed by atoms with van der Waals surface area (Å²) in [5, 5.41) is 11.1. The van der Waals surface area contributed by atoms with Crippen LogP contribution < -0.4 is 4.74 Å². The van der Waals surface area contributed by atoms with Gasteiger partial charge in [0.25, 0.3) is 11.7 Å². The Bertz CT molecular complexity index is 1030. The molecular formula is C24H24FNO5. The number of likely N-dealkylation sites (tertiary alicyclic amines) is 1. The van der Waals surface area contributed by atoms with Crippen LogP contribution in [0.5, 0.6) is 5.75 Å². The molecule has 6 nitrogen and oxygen atoms in total. The highest BCUT2D eigenvalue weighted by Crippen LogP contribution is 2.41. The summed E-state index contributed by atoms with van der Waals surface area (Å²) < 4.78 is 25.9. The number of nitrogens with zero attached hydrogens (tertiary/aromatic N) is 1. The second kappa shape index (κ2) is 8.89. The van der Waals surface area contributed by atoms with E-state index in [1.54, 1.807) is 30.3 Å². The molecule has 0 radical (unpaired) electrons. The third-order valence-electron chi connectivity index (χ3n) is 5.58. The molecule has 1 N–H and O–H groups in total. The minimum atomic E-state index is -1.04. The first-order valence-corrected chi connectivity index (χ1v) is 10.4. The second-order valence-electron chi connectivity index (χ2n) is 7.57. The summed E-state index contributed by atoms with van der Waals surface area (Å²) in [7, 11) is 0. The van der Waals surface area contributed by atoms with Crippen LogP contribution in [0.25, 0.3) is 5.76 Å². The van der Waals surface area contributed by atoms with Gasteiger partial charge >= 0.3 is 0 Å². The maximum absolute atomic E-state index is 14.8. The molecule has 2 aromatic rings. The lowest BCUT2D eigenvalue weighted by Gasteiger charge is -2.27. The van der Waals surface area contributed by atoms with Crippen LogP contribution in [-0.4, -0.2) is 47.6 Å². The molecule has 0 aromatic heterocycles. The van der Waals surface area contributed by atoms with Gasteiger partial charge < -0.3 is 19.5 Å². The summed E-state index contributed by atoms with van der Waals surface area (Å²) in [4.78, 5) is 27.3. The molecule has 2 aromatic carbocycles. The van der Waals surface area contributed by atoms with Gasteiger partial charge in [0.15, 0.2) is 0 Å². The minimum absolute atomic E-state index is 0.137. The number of carbonyl (C=O) groups excluding carboxylic acids is 2. The molecule has 2 aliphatic heterocycles. The lowest BCUT2D eigenvalue weighted by atomic mass is 9.94. The van der Waals surface area contributed by atoms with Crippen LogP contribution >= 0.6 is 0 Å². The standard InChI is InChI=1S/C24H24FNO5/c1-2-30-16-8-5-7-15(13-16)22(27)20-21(18-10-3-4-11-19(18)25)26(24(29)23(20)28)14-17-9-6-12-31-17/h3-5,7-8,10-11,13,17,21,27H,2,6,9,12,14H2,1H3/b22-20-. The Kier molecular flexibility index (Phi) is 6.04. The number of halogens is 1. The van der Waals surface area contributed by atoms with Crippen molar-refractivity contribution < 1.29 is 28.6 Å². The van der Waals surface area contributed by atoms with E-state index in [0.717, 1.165) is 12.8 Å². The van der Waals surface area contributed by atoms with Crippen molar-refractivity contribution in [2.75, 3.05) is 19.8 Å². The number of aliphatic hydroxyl groups excluding tert-OH is 1. The zero-order valence-electron chi connectivity index (χ0n) is 17.2. The molecule has 0 saturated carbocycles. The minimum Gasteiger partial charge on any atom is -0.507 e. The summed E-state index contributed by atoms with van der Waals surface area (Å²) in [6.45, 7) is 3.01. The molecule has 0 spiro atoms. The summed E-state index contributed by atoms with van der Waals surface area (Å²) >= 11 is 0. The van der Waals surface area contributed by atoms with E-state index < -0.39 is 23.5 Å². The Balaban J connectivity index is 1.83. The predicted octanol–water partition coefficient (Wildman–Crippen LogP) is 3.83. The van der Waals surface area contributed by atoms with Crippen molar-refractivity contribution >= 4 is 17.4 Å². The van der Waals surface area contributed by atoms with Crippen molar-refractivity contribution in [3.05, 3.63) is 71.0 Å². The fourth-order valence-corrected chi connectivity index (χ4v) is 4.15. The van der Waals surface area contributed by atoms with Gasteiger partial charge in [0.05, 0.1) is 24.3 Å². The molecule has 2 atom stereocenters. The number of carbonyl (C=O) groups is 2. The van der Waals surface area contributed by atoms with Gasteiger partial charge in [0.2, 0.25) is 0 Å². The highest BCUT2D eigenvalue weighted by atomic mass is 19.1. The van der Waals surface area contributed by atoms with Crippen LogP contribution in [0.4, 0.5) is 4.39 Å². The molecule has 0 bridgehead atoms. The molecule has 2 unspecified atom stereocenters. The number of rotatable bonds is 6. The number of amides is 1. The molecule has 31 heavy (non-hydrogen) atoms. The third-order valence-corrected chi connectivity index (χ3v) is 5.58. The van der Waals surface area contributed by atoms with Crippen molar-refractivity contribution in [2.45, 2.75) is 31.9 Å². The number of ketones is 1. The van der Waals surface area contributed by atoms with E-state index in [9.17, 15) is 19.1 Å². The maximum atomic E-state index is 14.8. The summed E-state index contributed by atoms with van der Waals surface area (Å²) in [5.74, 6) is -2.01. The van der Waals surface area contributed by atoms with Crippen LogP contribution in [0, 0.1) is 5.82 Å². The number of ether oxygens (including phenoxy) is 2. The van der Waals surface area contributed by atoms with E-state index in [0.29, 0.717) is 24.5 Å². The second-order valence-corrected chi connectivity index (χ2v) is 7.57. The number of hydrogen-bond acceptors (Lipinski definition) is 5. The predicted molar refractivity (Wildman–Crippen MR) is 112 cm³/mol. The highest BCUT2D eigenvalue weighted by Gasteiger charge is 2.47. The summed E-state index contributed by atoms with van der Waals surface area (Å²) in [5.41, 5.74) is 0.339. The van der Waals surface area contributed by atoms with E-state index in [1.807, 2.05) is 6.92 Å². The van der Waals surface area contributed by atoms with Crippen molar-refractivity contribution in [2.24, 2.45) is 0 Å². The molecule has 2 saturated heterocycles. The quantitative estimate of drug-likeness (QED) is 0.433.